The van der Waals surface area contributed by atoms with Crippen molar-refractivity contribution in [3.8, 4) is 11.8 Å². The summed E-state index contributed by atoms with van der Waals surface area (Å²) in [5.74, 6) is 1.61. The predicted octanol–water partition coefficient (Wildman–Crippen LogP) is 3.49. The number of piperidine rings is 1. The Morgan fingerprint density at radius 1 is 1.19 bits per heavy atom. The van der Waals surface area contributed by atoms with Crippen LogP contribution in [0, 0.1) is 17.2 Å². The van der Waals surface area contributed by atoms with Crippen LogP contribution < -0.4 is 10.1 Å². The maximum atomic E-state index is 11.2. The second-order valence-electron chi connectivity index (χ2n) is 7.97. The summed E-state index contributed by atoms with van der Waals surface area (Å²) in [6, 6.07) is 10.1. The fourth-order valence-electron chi connectivity index (χ4n) is 4.34. The monoisotopic (exact) mass is 369 g/mol. The lowest BCUT2D eigenvalue weighted by Crippen LogP contribution is -2.40. The number of hydrogen-bond donors (Lipinski definition) is 1. The Balaban J connectivity index is 1.34. The lowest BCUT2D eigenvalue weighted by molar-refractivity contribution is -0.119. The lowest BCUT2D eigenvalue weighted by Gasteiger charge is -2.34. The molecule has 1 aromatic carbocycles. The van der Waals surface area contributed by atoms with Crippen molar-refractivity contribution >= 4 is 5.91 Å². The molecule has 1 heterocycles. The molecule has 0 bridgehead atoms. The molecule has 1 aromatic rings. The van der Waals surface area contributed by atoms with E-state index < -0.39 is 0 Å². The number of ether oxygens (including phenoxy) is 1. The highest BCUT2D eigenvalue weighted by Crippen LogP contribution is 2.28. The molecule has 1 aliphatic carbocycles. The normalized spacial score (nSPS) is 24.1. The number of carbonyl (C=O) groups excluding carboxylic acids is 1. The van der Waals surface area contributed by atoms with Crippen LogP contribution in [0.5, 0.6) is 5.75 Å². The van der Waals surface area contributed by atoms with Gasteiger partial charge >= 0.3 is 0 Å². The van der Waals surface area contributed by atoms with Crippen LogP contribution in [0.4, 0.5) is 0 Å². The first-order valence-corrected chi connectivity index (χ1v) is 10.3. The van der Waals surface area contributed by atoms with E-state index in [9.17, 15) is 10.1 Å². The zero-order chi connectivity index (χ0) is 19.1. The minimum absolute atomic E-state index is 0.0981. The van der Waals surface area contributed by atoms with Gasteiger partial charge in [0.25, 0.3) is 0 Å². The highest BCUT2D eigenvalue weighted by atomic mass is 16.5. The van der Waals surface area contributed by atoms with Gasteiger partial charge in [-0.1, -0.05) is 12.1 Å². The largest absolute Gasteiger partial charge is 0.489 e. The summed E-state index contributed by atoms with van der Waals surface area (Å²) >= 11 is 0. The Morgan fingerprint density at radius 3 is 2.56 bits per heavy atom. The number of nitriles is 1. The van der Waals surface area contributed by atoms with Crippen molar-refractivity contribution in [3.05, 3.63) is 29.8 Å². The van der Waals surface area contributed by atoms with Crippen LogP contribution in [-0.2, 0) is 4.79 Å². The zero-order valence-electron chi connectivity index (χ0n) is 16.3. The first-order chi connectivity index (χ1) is 13.1. The maximum absolute atomic E-state index is 11.2. The van der Waals surface area contributed by atoms with E-state index in [4.69, 9.17) is 4.74 Å². The standard InChI is InChI=1S/C22H31N3O2/c1-17(26)24-20-8-6-18(7-9-20)10-13-25-14-11-21(12-15-25)27-22-5-3-2-4-19(22)16-23/h2-5,18,20-21H,6-15H2,1H3,(H,24,26). The van der Waals surface area contributed by atoms with E-state index >= 15 is 0 Å². The van der Waals surface area contributed by atoms with Crippen LogP contribution in [0.1, 0.15) is 57.4 Å². The maximum Gasteiger partial charge on any atom is 0.217 e. The molecule has 1 aliphatic heterocycles. The van der Waals surface area contributed by atoms with Gasteiger partial charge in [-0.2, -0.15) is 5.26 Å². The van der Waals surface area contributed by atoms with Gasteiger partial charge in [-0.3, -0.25) is 4.79 Å². The predicted molar refractivity (Wildman–Crippen MR) is 105 cm³/mol. The Morgan fingerprint density at radius 2 is 1.89 bits per heavy atom. The summed E-state index contributed by atoms with van der Waals surface area (Å²) < 4.78 is 6.08. The van der Waals surface area contributed by atoms with Gasteiger partial charge in [-0.15, -0.1) is 0 Å². The summed E-state index contributed by atoms with van der Waals surface area (Å²) in [5, 5.41) is 12.2. The number of nitrogens with one attached hydrogen (secondary N) is 1. The van der Waals surface area contributed by atoms with E-state index in [0.29, 0.717) is 11.6 Å². The smallest absolute Gasteiger partial charge is 0.217 e. The second-order valence-corrected chi connectivity index (χ2v) is 7.97. The molecular formula is C22H31N3O2. The van der Waals surface area contributed by atoms with Crippen LogP contribution in [0.3, 0.4) is 0 Å². The summed E-state index contributed by atoms with van der Waals surface area (Å²) in [6.45, 7) is 4.91. The molecule has 5 nitrogen and oxygen atoms in total. The third-order valence-electron chi connectivity index (χ3n) is 5.94. The van der Waals surface area contributed by atoms with E-state index in [1.165, 1.54) is 19.3 Å². The summed E-state index contributed by atoms with van der Waals surface area (Å²) in [4.78, 5) is 13.7. The number of likely N-dealkylation sites (tertiary alicyclic amines) is 1. The summed E-state index contributed by atoms with van der Waals surface area (Å²) in [5.41, 5.74) is 0.620. The Kier molecular flexibility index (Phi) is 7.11. The van der Waals surface area contributed by atoms with Gasteiger partial charge in [0, 0.05) is 26.1 Å². The van der Waals surface area contributed by atoms with Crippen molar-refractivity contribution < 1.29 is 9.53 Å². The van der Waals surface area contributed by atoms with E-state index in [2.05, 4.69) is 16.3 Å². The number of carbonyl (C=O) groups is 1. The van der Waals surface area contributed by atoms with Crippen LogP contribution in [0.15, 0.2) is 24.3 Å². The molecule has 0 atom stereocenters. The zero-order valence-corrected chi connectivity index (χ0v) is 16.3. The topological polar surface area (TPSA) is 65.4 Å². The van der Waals surface area contributed by atoms with Gasteiger partial charge in [0.05, 0.1) is 5.56 Å². The first kappa shape index (κ1) is 19.7. The molecule has 27 heavy (non-hydrogen) atoms. The SMILES string of the molecule is CC(=O)NC1CCC(CCN2CCC(Oc3ccccc3C#N)CC2)CC1. The molecule has 0 radical (unpaired) electrons. The van der Waals surface area contributed by atoms with E-state index in [1.54, 1.807) is 6.92 Å². The fourth-order valence-corrected chi connectivity index (χ4v) is 4.34. The molecular weight excluding hydrogens is 338 g/mol. The van der Waals surface area contributed by atoms with E-state index in [0.717, 1.165) is 57.0 Å². The van der Waals surface area contributed by atoms with Crippen LogP contribution in [-0.4, -0.2) is 42.6 Å². The molecule has 0 spiro atoms. The number of para-hydroxylation sites is 1. The van der Waals surface area contributed by atoms with Crippen molar-refractivity contribution in [1.29, 1.82) is 5.26 Å². The minimum atomic E-state index is 0.0981. The highest BCUT2D eigenvalue weighted by Gasteiger charge is 2.24. The number of rotatable bonds is 6. The Hall–Kier alpha value is -2.06. The Labute approximate surface area is 162 Å². The molecule has 1 amide bonds. The first-order valence-electron chi connectivity index (χ1n) is 10.3. The second kappa shape index (κ2) is 9.75. The summed E-state index contributed by atoms with van der Waals surface area (Å²) in [7, 11) is 0. The van der Waals surface area contributed by atoms with Crippen LogP contribution >= 0.6 is 0 Å². The van der Waals surface area contributed by atoms with Crippen molar-refractivity contribution in [2.45, 2.75) is 64.0 Å². The molecule has 1 saturated carbocycles. The number of benzene rings is 1. The van der Waals surface area contributed by atoms with E-state index in [-0.39, 0.29) is 12.0 Å². The fraction of sp³-hybridized carbons (Fsp3) is 0.636. The molecule has 2 fully saturated rings. The highest BCUT2D eigenvalue weighted by molar-refractivity contribution is 5.73. The molecule has 2 aliphatic rings. The van der Waals surface area contributed by atoms with Gasteiger partial charge in [0.2, 0.25) is 5.91 Å². The number of amides is 1. The van der Waals surface area contributed by atoms with Gasteiger partial charge < -0.3 is 15.0 Å². The molecule has 0 unspecified atom stereocenters. The van der Waals surface area contributed by atoms with E-state index in [1.807, 2.05) is 24.3 Å². The number of hydrogen-bond acceptors (Lipinski definition) is 4. The molecule has 5 heteroatoms. The quantitative estimate of drug-likeness (QED) is 0.834. The molecule has 0 aromatic heterocycles. The lowest BCUT2D eigenvalue weighted by atomic mass is 9.84. The van der Waals surface area contributed by atoms with Crippen molar-refractivity contribution in [2.75, 3.05) is 19.6 Å². The van der Waals surface area contributed by atoms with Crippen LogP contribution in [0.2, 0.25) is 0 Å². The molecule has 1 N–H and O–H groups in total. The molecule has 1 saturated heterocycles. The third-order valence-corrected chi connectivity index (χ3v) is 5.94. The number of nitrogens with zero attached hydrogens (tertiary/aromatic N) is 2. The molecule has 146 valence electrons. The minimum Gasteiger partial charge on any atom is -0.489 e. The van der Waals surface area contributed by atoms with Crippen molar-refractivity contribution in [3.63, 3.8) is 0 Å². The van der Waals surface area contributed by atoms with Crippen molar-refractivity contribution in [1.82, 2.24) is 10.2 Å². The van der Waals surface area contributed by atoms with Gasteiger partial charge in [0.15, 0.2) is 0 Å². The third kappa shape index (κ3) is 5.97. The summed E-state index contributed by atoms with van der Waals surface area (Å²) in [6.07, 6.45) is 8.23. The van der Waals surface area contributed by atoms with Crippen molar-refractivity contribution in [2.24, 2.45) is 5.92 Å². The van der Waals surface area contributed by atoms with Gasteiger partial charge in [-0.05, 0) is 69.5 Å². The van der Waals surface area contributed by atoms with Gasteiger partial charge in [0.1, 0.15) is 17.9 Å². The molecule has 3 rings (SSSR count). The average molecular weight is 370 g/mol. The Bertz CT molecular complexity index is 654. The van der Waals surface area contributed by atoms with Crippen LogP contribution in [0.25, 0.3) is 0 Å². The van der Waals surface area contributed by atoms with Gasteiger partial charge in [-0.25, -0.2) is 0 Å². The average Bonchev–Trinajstić information content (AvgIpc) is 2.68.